The molecule has 2 saturated heterocycles. The van der Waals surface area contributed by atoms with E-state index < -0.39 is 130 Å². The van der Waals surface area contributed by atoms with Crippen molar-refractivity contribution in [1.29, 1.82) is 0 Å². The van der Waals surface area contributed by atoms with E-state index in [1.165, 1.54) is 26.2 Å². The number of benzene rings is 1. The number of methoxy groups -OCH3 is 1. The van der Waals surface area contributed by atoms with Crippen LogP contribution in [0, 0.1) is 0 Å². The van der Waals surface area contributed by atoms with Gasteiger partial charge in [-0.2, -0.15) is 0 Å². The predicted octanol–water partition coefficient (Wildman–Crippen LogP) is -3.98. The first-order chi connectivity index (χ1) is 24.7. The average molecular weight is 751 g/mol. The van der Waals surface area contributed by atoms with Crippen LogP contribution in [0.1, 0.15) is 27.7 Å². The van der Waals surface area contributed by atoms with Crippen molar-refractivity contribution in [1.82, 2.24) is 10.6 Å². The minimum atomic E-state index is -1.66. The van der Waals surface area contributed by atoms with Crippen LogP contribution in [0.15, 0.2) is 24.3 Å². The van der Waals surface area contributed by atoms with Crippen LogP contribution >= 0.6 is 0 Å². The van der Waals surface area contributed by atoms with Gasteiger partial charge >= 0.3 is 5.97 Å². The lowest BCUT2D eigenvalue weighted by Crippen LogP contribution is -2.66. The maximum Gasteiger partial charge on any atom is 0.303 e. The van der Waals surface area contributed by atoms with Crippen LogP contribution in [0.3, 0.4) is 0 Å². The van der Waals surface area contributed by atoms with Crippen LogP contribution in [0.25, 0.3) is 0 Å². The van der Waals surface area contributed by atoms with Crippen molar-refractivity contribution in [3.63, 3.8) is 0 Å². The van der Waals surface area contributed by atoms with Gasteiger partial charge in [-0.25, -0.2) is 0 Å². The monoisotopic (exact) mass is 750 g/mol. The van der Waals surface area contributed by atoms with E-state index in [4.69, 9.17) is 37.9 Å². The van der Waals surface area contributed by atoms with Crippen molar-refractivity contribution in [3.8, 4) is 11.5 Å². The molecule has 20 heteroatoms. The average Bonchev–Trinajstić information content (AvgIpc) is 3.10. The number of ether oxygens (including phenoxy) is 8. The van der Waals surface area contributed by atoms with Gasteiger partial charge in [0, 0.05) is 20.8 Å². The third kappa shape index (κ3) is 11.4. The fraction of sp³-hybridized carbons (Fsp3) is 0.719. The van der Waals surface area contributed by atoms with Gasteiger partial charge in [-0.05, 0) is 31.2 Å². The maximum atomic E-state index is 12.1. The summed E-state index contributed by atoms with van der Waals surface area (Å²) in [4.78, 5) is 35.8. The summed E-state index contributed by atoms with van der Waals surface area (Å²) in [7, 11) is 1.45. The summed E-state index contributed by atoms with van der Waals surface area (Å²) < 4.78 is 45.9. The molecular formula is C32H50N2O18. The molecule has 14 atom stereocenters. The number of carbonyl (C=O) groups excluding carboxylic acids is 3. The quantitative estimate of drug-likeness (QED) is 0.0511. The first-order valence-corrected chi connectivity index (χ1v) is 16.4. The van der Waals surface area contributed by atoms with Crippen molar-refractivity contribution < 1.29 is 88.0 Å². The summed E-state index contributed by atoms with van der Waals surface area (Å²) >= 11 is 0. The molecule has 6 unspecified atom stereocenters. The molecule has 0 saturated carbocycles. The van der Waals surface area contributed by atoms with Gasteiger partial charge < -0.3 is 84.3 Å². The molecular weight excluding hydrogens is 700 g/mol. The highest BCUT2D eigenvalue weighted by Gasteiger charge is 2.50. The Kier molecular flexibility index (Phi) is 16.8. The van der Waals surface area contributed by atoms with Gasteiger partial charge in [0.2, 0.25) is 18.1 Å². The zero-order valence-electron chi connectivity index (χ0n) is 29.3. The molecule has 2 aliphatic rings. The van der Waals surface area contributed by atoms with Crippen molar-refractivity contribution in [3.05, 3.63) is 24.3 Å². The third-order valence-electron chi connectivity index (χ3n) is 8.24. The Balaban J connectivity index is 1.93. The van der Waals surface area contributed by atoms with Gasteiger partial charge in [0.15, 0.2) is 18.7 Å². The molecule has 1 aromatic rings. The van der Waals surface area contributed by atoms with Crippen LogP contribution in [0.2, 0.25) is 0 Å². The van der Waals surface area contributed by atoms with Gasteiger partial charge in [0.1, 0.15) is 66.3 Å². The number of amides is 2. The summed E-state index contributed by atoms with van der Waals surface area (Å²) in [6.45, 7) is 1.77. The van der Waals surface area contributed by atoms with Gasteiger partial charge in [0.25, 0.3) is 0 Å². The number of aliphatic hydroxyl groups is 7. The summed E-state index contributed by atoms with van der Waals surface area (Å²) in [5.41, 5.74) is 0. The molecule has 1 aromatic carbocycles. The fourth-order valence-corrected chi connectivity index (χ4v) is 5.61. The second kappa shape index (κ2) is 20.3. The van der Waals surface area contributed by atoms with Gasteiger partial charge in [-0.15, -0.1) is 0 Å². The van der Waals surface area contributed by atoms with E-state index in [0.717, 1.165) is 20.8 Å². The van der Waals surface area contributed by atoms with E-state index in [2.05, 4.69) is 10.6 Å². The smallest absolute Gasteiger partial charge is 0.303 e. The van der Waals surface area contributed by atoms with Crippen molar-refractivity contribution >= 4 is 17.8 Å². The Labute approximate surface area is 299 Å². The van der Waals surface area contributed by atoms with Crippen LogP contribution < -0.4 is 20.1 Å². The summed E-state index contributed by atoms with van der Waals surface area (Å²) in [5, 5.41) is 77.8. The number of rotatable bonds is 18. The number of aliphatic hydroxyl groups excluding tert-OH is 7. The summed E-state index contributed by atoms with van der Waals surface area (Å²) in [5.74, 6) is -1.39. The van der Waals surface area contributed by atoms with E-state index in [9.17, 15) is 50.1 Å². The SMILES string of the molecule is COc1ccc(O[C@@H](OC(CO)[C@H](C)O[C@@H]2OC(CO)[C@@H](O)C(O)[C@@H]2NC(C)=O)[C@@H](CO)O[C@@H]2OC(CO)[C@@H](OC(C)=O)C(O)C2NC(C)=O)cc1. The van der Waals surface area contributed by atoms with Gasteiger partial charge in [-0.3, -0.25) is 14.4 Å². The lowest BCUT2D eigenvalue weighted by molar-refractivity contribution is -0.319. The Morgan fingerprint density at radius 2 is 1.27 bits per heavy atom. The standard InChI is InChI=1S/C32H50N2O18/c1-14(46-31-24(33-15(2)39)27(43)26(42)21(11-36)50-31)20(10-35)49-30(48-19-8-6-18(45-5)7-9-19)23(13-38)52-32-25(34-16(3)40)28(44)29(47-17(4)41)22(12-37)51-32/h6-9,14,20-32,35-38,42-44H,10-13H2,1-5H3,(H,33,39)(H,34,40)/t14-,20?,21?,22?,23+,24-,25?,26+,27?,28?,29+,30-,31+,32-/m0/s1. The highest BCUT2D eigenvalue weighted by molar-refractivity contribution is 5.73. The second-order valence-electron chi connectivity index (χ2n) is 12.2. The number of carbonyl (C=O) groups is 3. The van der Waals surface area contributed by atoms with Crippen molar-refractivity contribution in [2.75, 3.05) is 33.5 Å². The number of esters is 1. The predicted molar refractivity (Wildman–Crippen MR) is 172 cm³/mol. The first kappa shape index (κ1) is 43.2. The normalized spacial score (nSPS) is 31.4. The molecule has 2 fully saturated rings. The molecule has 0 bridgehead atoms. The highest BCUT2D eigenvalue weighted by Crippen LogP contribution is 2.29. The molecule has 0 spiro atoms. The van der Waals surface area contributed by atoms with E-state index in [1.807, 2.05) is 0 Å². The van der Waals surface area contributed by atoms with E-state index in [0.29, 0.717) is 5.75 Å². The molecule has 52 heavy (non-hydrogen) atoms. The molecule has 3 rings (SSSR count). The minimum absolute atomic E-state index is 0.161. The fourth-order valence-electron chi connectivity index (χ4n) is 5.61. The largest absolute Gasteiger partial charge is 0.497 e. The van der Waals surface area contributed by atoms with Crippen molar-refractivity contribution in [2.24, 2.45) is 0 Å². The molecule has 0 aliphatic carbocycles. The summed E-state index contributed by atoms with van der Waals surface area (Å²) in [6, 6.07) is 3.40. The van der Waals surface area contributed by atoms with Gasteiger partial charge in [-0.1, -0.05) is 0 Å². The minimum Gasteiger partial charge on any atom is -0.497 e. The number of hydrogen-bond donors (Lipinski definition) is 9. The topological polar surface area (TPSA) is 291 Å². The molecule has 296 valence electrons. The highest BCUT2D eigenvalue weighted by atomic mass is 16.8. The molecule has 2 amide bonds. The lowest BCUT2D eigenvalue weighted by atomic mass is 9.96. The van der Waals surface area contributed by atoms with Crippen LogP contribution in [-0.4, -0.2) is 173 Å². The third-order valence-corrected chi connectivity index (χ3v) is 8.24. The first-order valence-electron chi connectivity index (χ1n) is 16.4. The molecule has 2 heterocycles. The lowest BCUT2D eigenvalue weighted by Gasteiger charge is -2.45. The Bertz CT molecular complexity index is 1270. The second-order valence-corrected chi connectivity index (χ2v) is 12.2. The zero-order chi connectivity index (χ0) is 38.7. The molecule has 0 aromatic heterocycles. The van der Waals surface area contributed by atoms with Crippen LogP contribution in [-0.2, 0) is 42.8 Å². The summed E-state index contributed by atoms with van der Waals surface area (Å²) in [6.07, 6.45) is -17.6. The number of nitrogens with one attached hydrogen (secondary N) is 2. The molecule has 20 nitrogen and oxygen atoms in total. The van der Waals surface area contributed by atoms with E-state index >= 15 is 0 Å². The molecule has 2 aliphatic heterocycles. The van der Waals surface area contributed by atoms with E-state index in [1.54, 1.807) is 12.1 Å². The van der Waals surface area contributed by atoms with Crippen LogP contribution in [0.5, 0.6) is 11.5 Å². The Morgan fingerprint density at radius 3 is 1.77 bits per heavy atom. The molecule has 9 N–H and O–H groups in total. The number of hydrogen-bond acceptors (Lipinski definition) is 18. The Hall–Kier alpha value is -3.25. The van der Waals surface area contributed by atoms with Gasteiger partial charge in [0.05, 0.1) is 39.6 Å². The zero-order valence-corrected chi connectivity index (χ0v) is 29.3. The van der Waals surface area contributed by atoms with Crippen molar-refractivity contribution in [2.45, 2.75) is 114 Å². The molecule has 0 radical (unpaired) electrons. The van der Waals surface area contributed by atoms with Crippen LogP contribution in [0.4, 0.5) is 0 Å². The maximum absolute atomic E-state index is 12.1. The van der Waals surface area contributed by atoms with E-state index in [-0.39, 0.29) is 5.75 Å². The Morgan fingerprint density at radius 1 is 0.750 bits per heavy atom.